The van der Waals surface area contributed by atoms with Crippen LogP contribution in [0.4, 0.5) is 18.9 Å². The Morgan fingerprint density at radius 3 is 2.36 bits per heavy atom. The highest BCUT2D eigenvalue weighted by Gasteiger charge is 2.30. The average Bonchev–Trinajstić information content (AvgIpc) is 2.65. The molecule has 28 heavy (non-hydrogen) atoms. The second-order valence-corrected chi connectivity index (χ2v) is 6.62. The monoisotopic (exact) mass is 401 g/mol. The van der Waals surface area contributed by atoms with Crippen LogP contribution in [0.2, 0.25) is 0 Å². The zero-order valence-electron chi connectivity index (χ0n) is 15.5. The van der Waals surface area contributed by atoms with Gasteiger partial charge in [-0.2, -0.15) is 0 Å². The van der Waals surface area contributed by atoms with Gasteiger partial charge in [-0.05, 0) is 20.0 Å². The summed E-state index contributed by atoms with van der Waals surface area (Å²) in [4.78, 5) is 27.0. The number of aliphatic hydroxyl groups excluding tert-OH is 1. The second kappa shape index (κ2) is 9.07. The summed E-state index contributed by atoms with van der Waals surface area (Å²) in [7, 11) is 1.85. The first-order valence-electron chi connectivity index (χ1n) is 8.63. The van der Waals surface area contributed by atoms with Crippen molar-refractivity contribution < 1.29 is 33.0 Å². The lowest BCUT2D eigenvalue weighted by Gasteiger charge is -2.34. The molecule has 1 unspecified atom stereocenters. The number of piperazine rings is 1. The Labute approximate surface area is 160 Å². The first-order chi connectivity index (χ1) is 13.2. The van der Waals surface area contributed by atoms with Crippen molar-refractivity contribution in [3.05, 3.63) is 40.9 Å². The van der Waals surface area contributed by atoms with E-state index in [1.54, 1.807) is 0 Å². The lowest BCUT2D eigenvalue weighted by atomic mass is 10.0. The van der Waals surface area contributed by atoms with Gasteiger partial charge in [0.1, 0.15) is 17.1 Å². The fraction of sp³-hybridized carbons (Fsp3) is 0.444. The van der Waals surface area contributed by atoms with Gasteiger partial charge in [0.25, 0.3) is 0 Å². The molecular formula is C18H22F3N3O4. The van der Waals surface area contributed by atoms with Crippen LogP contribution in [0.15, 0.2) is 17.8 Å². The van der Waals surface area contributed by atoms with Crippen LogP contribution in [0.1, 0.15) is 17.3 Å². The SMILES string of the molecule is CC(CO)N/C=C(/C(=O)O)C(=O)c1cc(F)c(N2CCN(C)CC2)c(F)c1F. The molecule has 1 fully saturated rings. The van der Waals surface area contributed by atoms with Gasteiger partial charge in [-0.15, -0.1) is 0 Å². The maximum atomic E-state index is 14.6. The van der Waals surface area contributed by atoms with Crippen molar-refractivity contribution in [2.24, 2.45) is 0 Å². The van der Waals surface area contributed by atoms with E-state index in [4.69, 9.17) is 5.11 Å². The number of ketones is 1. The summed E-state index contributed by atoms with van der Waals surface area (Å²) in [6.45, 7) is 2.77. The van der Waals surface area contributed by atoms with Crippen LogP contribution in [-0.2, 0) is 4.79 Å². The molecular weight excluding hydrogens is 379 g/mol. The topological polar surface area (TPSA) is 93.1 Å². The van der Waals surface area contributed by atoms with Crippen molar-refractivity contribution in [3.63, 3.8) is 0 Å². The molecule has 0 spiro atoms. The van der Waals surface area contributed by atoms with Crippen LogP contribution in [0.3, 0.4) is 0 Å². The third-order valence-electron chi connectivity index (χ3n) is 4.46. The Hall–Kier alpha value is -2.59. The Morgan fingerprint density at radius 2 is 1.82 bits per heavy atom. The summed E-state index contributed by atoms with van der Waals surface area (Å²) in [5, 5.41) is 20.6. The summed E-state index contributed by atoms with van der Waals surface area (Å²) >= 11 is 0. The summed E-state index contributed by atoms with van der Waals surface area (Å²) in [6.07, 6.45) is 0.773. The molecule has 1 atom stereocenters. The molecule has 1 aliphatic rings. The molecule has 0 aliphatic carbocycles. The minimum absolute atomic E-state index is 0.278. The van der Waals surface area contributed by atoms with Crippen molar-refractivity contribution in [2.75, 3.05) is 44.7 Å². The Bertz CT molecular complexity index is 793. The molecule has 7 nitrogen and oxygen atoms in total. The van der Waals surface area contributed by atoms with Crippen molar-refractivity contribution in [1.82, 2.24) is 10.2 Å². The summed E-state index contributed by atoms with van der Waals surface area (Å²) in [5.41, 5.74) is -2.50. The minimum atomic E-state index is -1.70. The third kappa shape index (κ3) is 4.63. The Morgan fingerprint density at radius 1 is 1.21 bits per heavy atom. The summed E-state index contributed by atoms with van der Waals surface area (Å²) in [5.74, 6) is -7.37. The van der Waals surface area contributed by atoms with Crippen molar-refractivity contribution in [2.45, 2.75) is 13.0 Å². The second-order valence-electron chi connectivity index (χ2n) is 6.62. The first kappa shape index (κ1) is 21.7. The number of nitrogens with one attached hydrogen (secondary N) is 1. The van der Waals surface area contributed by atoms with E-state index in [-0.39, 0.29) is 19.7 Å². The number of carboxylic acids is 1. The maximum absolute atomic E-state index is 14.6. The molecule has 1 heterocycles. The first-order valence-corrected chi connectivity index (χ1v) is 8.63. The fourth-order valence-electron chi connectivity index (χ4n) is 2.72. The fourth-order valence-corrected chi connectivity index (χ4v) is 2.72. The van der Waals surface area contributed by atoms with E-state index < -0.39 is 52.1 Å². The number of rotatable bonds is 7. The number of aliphatic hydroxyl groups is 1. The number of anilines is 1. The number of nitrogens with zero attached hydrogens (tertiary/aromatic N) is 2. The standard InChI is InChI=1S/C18H22F3N3O4/c1-10(9-25)22-8-12(18(27)28)17(26)11-7-13(19)16(15(21)14(11)20)24-5-3-23(2)4-6-24/h7-8,10,22,25H,3-6,9H2,1-2H3,(H,27,28)/b12-8+. The molecule has 0 amide bonds. The van der Waals surface area contributed by atoms with E-state index in [0.717, 1.165) is 6.20 Å². The minimum Gasteiger partial charge on any atom is -0.477 e. The maximum Gasteiger partial charge on any atom is 0.341 e. The van der Waals surface area contributed by atoms with Gasteiger partial charge < -0.3 is 25.3 Å². The van der Waals surface area contributed by atoms with Crippen LogP contribution in [0, 0.1) is 17.5 Å². The number of hydrogen-bond donors (Lipinski definition) is 3. The number of aliphatic carboxylic acids is 1. The van der Waals surface area contributed by atoms with Crippen LogP contribution in [0.5, 0.6) is 0 Å². The number of hydrogen-bond acceptors (Lipinski definition) is 6. The van der Waals surface area contributed by atoms with Gasteiger partial charge >= 0.3 is 5.97 Å². The summed E-state index contributed by atoms with van der Waals surface area (Å²) < 4.78 is 43.6. The molecule has 1 aromatic rings. The predicted molar refractivity (Wildman–Crippen MR) is 95.8 cm³/mol. The molecule has 1 aliphatic heterocycles. The molecule has 0 saturated carbocycles. The van der Waals surface area contributed by atoms with Crippen LogP contribution in [-0.4, -0.2) is 72.7 Å². The molecule has 3 N–H and O–H groups in total. The average molecular weight is 401 g/mol. The van der Waals surface area contributed by atoms with Gasteiger partial charge in [0.2, 0.25) is 5.78 Å². The van der Waals surface area contributed by atoms with E-state index >= 15 is 0 Å². The molecule has 0 radical (unpaired) electrons. The Balaban J connectivity index is 2.40. The number of carboxylic acid groups (broad SMARTS) is 1. The lowest BCUT2D eigenvalue weighted by Crippen LogP contribution is -2.45. The quantitative estimate of drug-likeness (QED) is 0.206. The number of likely N-dealkylation sites (N-methyl/N-ethyl adjacent to an activating group) is 1. The van der Waals surface area contributed by atoms with Crippen molar-refractivity contribution in [3.8, 4) is 0 Å². The number of Topliss-reactive ketones (excluding diaryl/α,β-unsaturated/α-hetero) is 1. The normalized spacial score (nSPS) is 16.8. The molecule has 2 rings (SSSR count). The van der Waals surface area contributed by atoms with Gasteiger partial charge in [-0.1, -0.05) is 0 Å². The van der Waals surface area contributed by atoms with Gasteiger partial charge in [-0.25, -0.2) is 18.0 Å². The van der Waals surface area contributed by atoms with Crippen LogP contribution >= 0.6 is 0 Å². The molecule has 0 bridgehead atoms. The van der Waals surface area contributed by atoms with E-state index in [9.17, 15) is 27.9 Å². The number of halogens is 3. The summed E-state index contributed by atoms with van der Waals surface area (Å²) in [6, 6.07) is -0.0687. The number of carbonyl (C=O) groups excluding carboxylic acids is 1. The van der Waals surface area contributed by atoms with Crippen LogP contribution in [0.25, 0.3) is 0 Å². The van der Waals surface area contributed by atoms with E-state index in [0.29, 0.717) is 19.2 Å². The lowest BCUT2D eigenvalue weighted by molar-refractivity contribution is -0.132. The van der Waals surface area contributed by atoms with Gasteiger partial charge in [0, 0.05) is 38.4 Å². The van der Waals surface area contributed by atoms with E-state index in [1.165, 1.54) is 11.8 Å². The molecule has 10 heteroatoms. The zero-order chi connectivity index (χ0) is 21.0. The van der Waals surface area contributed by atoms with Gasteiger partial charge in [-0.3, -0.25) is 4.79 Å². The highest BCUT2D eigenvalue weighted by atomic mass is 19.2. The van der Waals surface area contributed by atoms with Gasteiger partial charge in [0.15, 0.2) is 11.6 Å². The third-order valence-corrected chi connectivity index (χ3v) is 4.46. The molecule has 1 aromatic carbocycles. The molecule has 1 saturated heterocycles. The van der Waals surface area contributed by atoms with Crippen molar-refractivity contribution in [1.29, 1.82) is 0 Å². The van der Waals surface area contributed by atoms with E-state index in [2.05, 4.69) is 5.32 Å². The van der Waals surface area contributed by atoms with Crippen molar-refractivity contribution >= 4 is 17.4 Å². The largest absolute Gasteiger partial charge is 0.477 e. The highest BCUT2D eigenvalue weighted by molar-refractivity contribution is 6.23. The number of benzene rings is 1. The Kier molecular flexibility index (Phi) is 7.03. The van der Waals surface area contributed by atoms with Crippen LogP contribution < -0.4 is 10.2 Å². The molecule has 0 aromatic heterocycles. The molecule has 154 valence electrons. The zero-order valence-corrected chi connectivity index (χ0v) is 15.5. The van der Waals surface area contributed by atoms with E-state index in [1.807, 2.05) is 11.9 Å². The predicted octanol–water partition coefficient (Wildman–Crippen LogP) is 0.977. The smallest absolute Gasteiger partial charge is 0.341 e. The number of carbonyl (C=O) groups is 2. The van der Waals surface area contributed by atoms with Gasteiger partial charge in [0.05, 0.1) is 12.2 Å². The highest BCUT2D eigenvalue weighted by Crippen LogP contribution is 2.30.